The lowest BCUT2D eigenvalue weighted by Crippen LogP contribution is -2.26. The molecule has 1 heterocycles. The maximum atomic E-state index is 5.59. The third-order valence-electron chi connectivity index (χ3n) is 2.01. The molecule has 15 heavy (non-hydrogen) atoms. The first-order chi connectivity index (χ1) is 7.15. The fourth-order valence-electron chi connectivity index (χ4n) is 1.32. The van der Waals surface area contributed by atoms with Crippen LogP contribution in [-0.2, 0) is 4.74 Å². The van der Waals surface area contributed by atoms with Crippen molar-refractivity contribution < 1.29 is 9.15 Å². The van der Waals surface area contributed by atoms with E-state index in [9.17, 15) is 0 Å². The molecule has 1 N–H and O–H groups in total. The van der Waals surface area contributed by atoms with Crippen LogP contribution in [0.25, 0.3) is 0 Å². The highest BCUT2D eigenvalue weighted by Gasteiger charge is 2.17. The fourth-order valence-corrected chi connectivity index (χ4v) is 1.79. The van der Waals surface area contributed by atoms with Crippen molar-refractivity contribution in [2.75, 3.05) is 13.2 Å². The summed E-state index contributed by atoms with van der Waals surface area (Å²) in [5, 5.41) is 3.33. The SMILES string of the molecule is CCNC(COC(C)C)c1occc1Br. The van der Waals surface area contributed by atoms with E-state index < -0.39 is 0 Å². The van der Waals surface area contributed by atoms with Crippen LogP contribution in [0.15, 0.2) is 21.2 Å². The molecule has 0 saturated heterocycles. The minimum atomic E-state index is 0.113. The molecule has 0 amide bonds. The monoisotopic (exact) mass is 275 g/mol. The molecule has 1 aromatic heterocycles. The molecule has 1 aromatic rings. The van der Waals surface area contributed by atoms with Gasteiger partial charge in [0, 0.05) is 0 Å². The molecule has 0 aliphatic rings. The van der Waals surface area contributed by atoms with Gasteiger partial charge in [-0.1, -0.05) is 6.92 Å². The van der Waals surface area contributed by atoms with Gasteiger partial charge in [0.2, 0.25) is 0 Å². The topological polar surface area (TPSA) is 34.4 Å². The molecule has 0 aromatic carbocycles. The van der Waals surface area contributed by atoms with Gasteiger partial charge in [0.1, 0.15) is 5.76 Å². The third-order valence-corrected chi connectivity index (χ3v) is 2.66. The summed E-state index contributed by atoms with van der Waals surface area (Å²) in [6, 6.07) is 2.01. The highest BCUT2D eigenvalue weighted by Crippen LogP contribution is 2.24. The normalized spacial score (nSPS) is 13.4. The minimum absolute atomic E-state index is 0.113. The second kappa shape index (κ2) is 6.30. The predicted octanol–water partition coefficient (Wildman–Crippen LogP) is 3.12. The third kappa shape index (κ3) is 3.97. The molecule has 0 bridgehead atoms. The first-order valence-electron chi connectivity index (χ1n) is 5.23. The molecular weight excluding hydrogens is 258 g/mol. The number of furan rings is 1. The van der Waals surface area contributed by atoms with Crippen LogP contribution >= 0.6 is 15.9 Å². The van der Waals surface area contributed by atoms with Gasteiger partial charge in [-0.2, -0.15) is 0 Å². The van der Waals surface area contributed by atoms with Crippen molar-refractivity contribution in [1.29, 1.82) is 0 Å². The Kier molecular flexibility index (Phi) is 5.36. The Bertz CT molecular complexity index is 286. The van der Waals surface area contributed by atoms with E-state index in [1.165, 1.54) is 0 Å². The van der Waals surface area contributed by atoms with Gasteiger partial charge in [0.25, 0.3) is 0 Å². The van der Waals surface area contributed by atoms with Crippen molar-refractivity contribution in [3.05, 3.63) is 22.6 Å². The van der Waals surface area contributed by atoms with Crippen LogP contribution in [0.1, 0.15) is 32.6 Å². The smallest absolute Gasteiger partial charge is 0.137 e. The predicted molar refractivity (Wildman–Crippen MR) is 63.9 cm³/mol. The quantitative estimate of drug-likeness (QED) is 0.866. The molecule has 0 aliphatic heterocycles. The van der Waals surface area contributed by atoms with E-state index in [0.717, 1.165) is 16.8 Å². The molecule has 1 rings (SSSR count). The Hall–Kier alpha value is -0.320. The molecule has 0 saturated carbocycles. The lowest BCUT2D eigenvalue weighted by atomic mass is 10.2. The summed E-state index contributed by atoms with van der Waals surface area (Å²) < 4.78 is 12.0. The summed E-state index contributed by atoms with van der Waals surface area (Å²) in [6.07, 6.45) is 1.92. The zero-order chi connectivity index (χ0) is 11.3. The maximum absolute atomic E-state index is 5.59. The summed E-state index contributed by atoms with van der Waals surface area (Å²) in [5.74, 6) is 0.900. The number of hydrogen-bond acceptors (Lipinski definition) is 3. The van der Waals surface area contributed by atoms with Crippen LogP contribution in [0.3, 0.4) is 0 Å². The van der Waals surface area contributed by atoms with Gasteiger partial charge in [-0.3, -0.25) is 0 Å². The molecule has 0 radical (unpaired) electrons. The zero-order valence-electron chi connectivity index (χ0n) is 9.42. The van der Waals surface area contributed by atoms with Crippen molar-refractivity contribution in [2.45, 2.75) is 32.9 Å². The fraction of sp³-hybridized carbons (Fsp3) is 0.636. The number of ether oxygens (including phenoxy) is 1. The lowest BCUT2D eigenvalue weighted by Gasteiger charge is -2.17. The Labute approximate surface area is 99.3 Å². The van der Waals surface area contributed by atoms with Crippen LogP contribution in [-0.4, -0.2) is 19.3 Å². The highest BCUT2D eigenvalue weighted by atomic mass is 79.9. The van der Waals surface area contributed by atoms with Crippen LogP contribution in [0.5, 0.6) is 0 Å². The number of likely N-dealkylation sites (N-methyl/N-ethyl adjacent to an activating group) is 1. The molecule has 0 aliphatic carbocycles. The zero-order valence-corrected chi connectivity index (χ0v) is 11.0. The van der Waals surface area contributed by atoms with Crippen LogP contribution in [0, 0.1) is 0 Å². The van der Waals surface area contributed by atoms with Crippen molar-refractivity contribution in [3.63, 3.8) is 0 Å². The van der Waals surface area contributed by atoms with Gasteiger partial charge < -0.3 is 14.5 Å². The lowest BCUT2D eigenvalue weighted by molar-refractivity contribution is 0.0569. The highest BCUT2D eigenvalue weighted by molar-refractivity contribution is 9.10. The summed E-state index contributed by atoms with van der Waals surface area (Å²) >= 11 is 3.45. The van der Waals surface area contributed by atoms with Gasteiger partial charge in [-0.05, 0) is 42.4 Å². The van der Waals surface area contributed by atoms with Crippen molar-refractivity contribution >= 4 is 15.9 Å². The average molecular weight is 276 g/mol. The van der Waals surface area contributed by atoms with Crippen LogP contribution < -0.4 is 5.32 Å². The Morgan fingerprint density at radius 1 is 1.53 bits per heavy atom. The Morgan fingerprint density at radius 3 is 2.73 bits per heavy atom. The van der Waals surface area contributed by atoms with E-state index in [2.05, 4.69) is 28.2 Å². The minimum Gasteiger partial charge on any atom is -0.466 e. The van der Waals surface area contributed by atoms with E-state index in [0.29, 0.717) is 6.61 Å². The standard InChI is InChI=1S/C11H18BrNO2/c1-4-13-10(7-15-8(2)3)11-9(12)5-6-14-11/h5-6,8,10,13H,4,7H2,1-3H3. The largest absolute Gasteiger partial charge is 0.466 e. The van der Waals surface area contributed by atoms with Gasteiger partial charge in [0.05, 0.1) is 29.5 Å². The second-order valence-corrected chi connectivity index (χ2v) is 4.48. The molecule has 1 atom stereocenters. The van der Waals surface area contributed by atoms with E-state index in [1.54, 1.807) is 6.26 Å². The Morgan fingerprint density at radius 2 is 2.27 bits per heavy atom. The number of halogens is 1. The van der Waals surface area contributed by atoms with Gasteiger partial charge in [0.15, 0.2) is 0 Å². The molecule has 3 nitrogen and oxygen atoms in total. The summed E-state index contributed by atoms with van der Waals surface area (Å²) in [7, 11) is 0. The van der Waals surface area contributed by atoms with E-state index in [4.69, 9.17) is 9.15 Å². The summed E-state index contributed by atoms with van der Waals surface area (Å²) in [6.45, 7) is 7.64. The molecule has 1 unspecified atom stereocenters. The molecular formula is C11H18BrNO2. The van der Waals surface area contributed by atoms with Crippen LogP contribution in [0.4, 0.5) is 0 Å². The molecule has 86 valence electrons. The average Bonchev–Trinajstić information content (AvgIpc) is 2.59. The number of nitrogens with one attached hydrogen (secondary N) is 1. The van der Waals surface area contributed by atoms with Gasteiger partial charge in [-0.15, -0.1) is 0 Å². The van der Waals surface area contributed by atoms with E-state index in [-0.39, 0.29) is 12.1 Å². The first kappa shape index (κ1) is 12.7. The summed E-state index contributed by atoms with van der Waals surface area (Å²) in [5.41, 5.74) is 0. The van der Waals surface area contributed by atoms with E-state index in [1.807, 2.05) is 19.9 Å². The number of rotatable bonds is 6. The summed E-state index contributed by atoms with van der Waals surface area (Å²) in [4.78, 5) is 0. The van der Waals surface area contributed by atoms with Gasteiger partial charge in [-0.25, -0.2) is 0 Å². The Balaban J connectivity index is 2.61. The molecule has 0 fully saturated rings. The van der Waals surface area contributed by atoms with Crippen molar-refractivity contribution in [1.82, 2.24) is 5.32 Å². The van der Waals surface area contributed by atoms with Gasteiger partial charge >= 0.3 is 0 Å². The van der Waals surface area contributed by atoms with Crippen molar-refractivity contribution in [3.8, 4) is 0 Å². The maximum Gasteiger partial charge on any atom is 0.137 e. The van der Waals surface area contributed by atoms with Crippen molar-refractivity contribution in [2.24, 2.45) is 0 Å². The first-order valence-corrected chi connectivity index (χ1v) is 6.02. The van der Waals surface area contributed by atoms with Crippen LogP contribution in [0.2, 0.25) is 0 Å². The second-order valence-electron chi connectivity index (χ2n) is 3.63. The van der Waals surface area contributed by atoms with E-state index >= 15 is 0 Å². The molecule has 0 spiro atoms. The molecule has 4 heteroatoms. The number of hydrogen-bond donors (Lipinski definition) is 1.